The smallest absolute Gasteiger partial charge is 0.306 e. The highest BCUT2D eigenvalue weighted by molar-refractivity contribution is 6.28. The highest BCUT2D eigenvalue weighted by Gasteiger charge is 2.28. The molecular formula is C12H15ClN2O3. The van der Waals surface area contributed by atoms with Crippen LogP contribution in [0, 0.1) is 12.8 Å². The molecule has 1 heterocycles. The van der Waals surface area contributed by atoms with Crippen LogP contribution in [0.4, 0.5) is 0 Å². The van der Waals surface area contributed by atoms with Crippen molar-refractivity contribution in [3.63, 3.8) is 0 Å². The summed E-state index contributed by atoms with van der Waals surface area (Å²) < 4.78 is 5.77. The van der Waals surface area contributed by atoms with Gasteiger partial charge in [-0.2, -0.15) is 0 Å². The Morgan fingerprint density at radius 1 is 1.56 bits per heavy atom. The van der Waals surface area contributed by atoms with Crippen LogP contribution < -0.4 is 4.74 Å². The van der Waals surface area contributed by atoms with Gasteiger partial charge in [0.1, 0.15) is 0 Å². The second-order valence-electron chi connectivity index (χ2n) is 4.53. The number of rotatable bonds is 3. The number of carboxylic acids is 1. The fourth-order valence-corrected chi connectivity index (χ4v) is 2.37. The first-order valence-corrected chi connectivity index (χ1v) is 6.32. The number of nitrogens with zero attached hydrogens (tertiary/aromatic N) is 2. The van der Waals surface area contributed by atoms with Crippen LogP contribution >= 0.6 is 11.6 Å². The van der Waals surface area contributed by atoms with E-state index in [0.717, 1.165) is 19.3 Å². The summed E-state index contributed by atoms with van der Waals surface area (Å²) in [5, 5.41) is 9.20. The monoisotopic (exact) mass is 270 g/mol. The van der Waals surface area contributed by atoms with Gasteiger partial charge >= 0.3 is 5.97 Å². The topological polar surface area (TPSA) is 72.3 Å². The molecule has 0 amide bonds. The highest BCUT2D eigenvalue weighted by Crippen LogP contribution is 2.28. The number of halogens is 1. The lowest BCUT2D eigenvalue weighted by Crippen LogP contribution is -2.29. The van der Waals surface area contributed by atoms with E-state index in [4.69, 9.17) is 21.4 Å². The fraction of sp³-hybridized carbons (Fsp3) is 0.583. The molecule has 0 aliphatic heterocycles. The molecule has 1 aromatic heterocycles. The first kappa shape index (κ1) is 13.1. The molecular weight excluding hydrogens is 256 g/mol. The van der Waals surface area contributed by atoms with E-state index in [1.807, 2.05) is 0 Å². The van der Waals surface area contributed by atoms with Crippen LogP contribution in [0.5, 0.6) is 5.75 Å². The van der Waals surface area contributed by atoms with Gasteiger partial charge in [-0.05, 0) is 44.2 Å². The quantitative estimate of drug-likeness (QED) is 0.854. The Kier molecular flexibility index (Phi) is 4.01. The second kappa shape index (κ2) is 5.52. The maximum atomic E-state index is 11.0. The molecule has 0 aromatic carbocycles. The summed E-state index contributed by atoms with van der Waals surface area (Å²) >= 11 is 5.67. The summed E-state index contributed by atoms with van der Waals surface area (Å²) in [6.07, 6.45) is 4.46. The van der Waals surface area contributed by atoms with Crippen LogP contribution in [0.2, 0.25) is 5.28 Å². The second-order valence-corrected chi connectivity index (χ2v) is 4.87. The average molecular weight is 271 g/mol. The molecule has 0 saturated heterocycles. The maximum Gasteiger partial charge on any atom is 0.306 e. The normalized spacial score (nSPS) is 23.7. The molecule has 0 radical (unpaired) electrons. The predicted molar refractivity (Wildman–Crippen MR) is 65.8 cm³/mol. The fourth-order valence-electron chi connectivity index (χ4n) is 2.20. The number of aryl methyl sites for hydroxylation is 1. The van der Waals surface area contributed by atoms with Crippen molar-refractivity contribution in [3.05, 3.63) is 17.2 Å². The molecule has 1 aliphatic carbocycles. The van der Waals surface area contributed by atoms with E-state index in [-0.39, 0.29) is 17.3 Å². The minimum Gasteiger partial charge on any atom is -0.487 e. The summed E-state index contributed by atoms with van der Waals surface area (Å²) in [6.45, 7) is 1.79. The molecule has 0 spiro atoms. The third-order valence-corrected chi connectivity index (χ3v) is 3.36. The molecule has 1 aliphatic rings. The van der Waals surface area contributed by atoms with E-state index in [9.17, 15) is 4.79 Å². The van der Waals surface area contributed by atoms with Crippen molar-refractivity contribution in [1.29, 1.82) is 0 Å². The molecule has 5 nitrogen and oxygen atoms in total. The Hall–Kier alpha value is -1.36. The van der Waals surface area contributed by atoms with Crippen molar-refractivity contribution in [3.8, 4) is 5.75 Å². The first-order valence-electron chi connectivity index (χ1n) is 5.95. The van der Waals surface area contributed by atoms with Crippen molar-refractivity contribution >= 4 is 17.6 Å². The van der Waals surface area contributed by atoms with Crippen molar-refractivity contribution in [2.24, 2.45) is 5.92 Å². The molecule has 1 aromatic rings. The number of ether oxygens (including phenoxy) is 1. The molecule has 0 unspecified atom stereocenters. The van der Waals surface area contributed by atoms with E-state index in [1.165, 1.54) is 6.20 Å². The van der Waals surface area contributed by atoms with Gasteiger partial charge < -0.3 is 9.84 Å². The van der Waals surface area contributed by atoms with E-state index in [0.29, 0.717) is 17.9 Å². The molecule has 1 fully saturated rings. The number of carbonyl (C=O) groups is 1. The highest BCUT2D eigenvalue weighted by atomic mass is 35.5. The van der Waals surface area contributed by atoms with Crippen LogP contribution in [-0.2, 0) is 4.79 Å². The molecule has 18 heavy (non-hydrogen) atoms. The van der Waals surface area contributed by atoms with Gasteiger partial charge in [0.05, 0.1) is 23.9 Å². The van der Waals surface area contributed by atoms with Gasteiger partial charge in [-0.15, -0.1) is 0 Å². The van der Waals surface area contributed by atoms with Crippen molar-refractivity contribution < 1.29 is 14.6 Å². The zero-order valence-corrected chi connectivity index (χ0v) is 10.9. The van der Waals surface area contributed by atoms with Gasteiger partial charge in [0, 0.05) is 0 Å². The minimum absolute atomic E-state index is 0.0803. The van der Waals surface area contributed by atoms with Gasteiger partial charge in [-0.1, -0.05) is 0 Å². The zero-order valence-electron chi connectivity index (χ0n) is 10.1. The molecule has 1 N–H and O–H groups in total. The Labute approximate surface area is 110 Å². The van der Waals surface area contributed by atoms with Crippen molar-refractivity contribution in [2.75, 3.05) is 0 Å². The standard InChI is InChI=1S/C12H15ClN2O3/c1-7-10(6-14-12(13)15-7)18-9-4-2-3-8(5-9)11(16)17/h6,8-9H,2-5H2,1H3,(H,16,17)/t8-,9-/m0/s1. The van der Waals surface area contributed by atoms with Crippen LogP contribution in [0.25, 0.3) is 0 Å². The van der Waals surface area contributed by atoms with Crippen molar-refractivity contribution in [1.82, 2.24) is 9.97 Å². The van der Waals surface area contributed by atoms with Crippen molar-refractivity contribution in [2.45, 2.75) is 38.7 Å². The van der Waals surface area contributed by atoms with Gasteiger partial charge in [-0.3, -0.25) is 4.79 Å². The van der Waals surface area contributed by atoms with Gasteiger partial charge in [0.2, 0.25) is 5.28 Å². The van der Waals surface area contributed by atoms with E-state index >= 15 is 0 Å². The van der Waals surface area contributed by atoms with E-state index < -0.39 is 5.97 Å². The first-order chi connectivity index (χ1) is 8.56. The lowest BCUT2D eigenvalue weighted by atomic mass is 9.87. The lowest BCUT2D eigenvalue weighted by Gasteiger charge is -2.27. The Morgan fingerprint density at radius 3 is 3.00 bits per heavy atom. The Morgan fingerprint density at radius 2 is 2.33 bits per heavy atom. The summed E-state index contributed by atoms with van der Waals surface area (Å²) in [5.74, 6) is -0.472. The molecule has 2 atom stereocenters. The average Bonchev–Trinajstić information content (AvgIpc) is 2.33. The predicted octanol–water partition coefficient (Wildman–Crippen LogP) is 2.46. The van der Waals surface area contributed by atoms with Gasteiger partial charge in [-0.25, -0.2) is 9.97 Å². The molecule has 1 saturated carbocycles. The van der Waals surface area contributed by atoms with Crippen LogP contribution in [0.15, 0.2) is 6.20 Å². The van der Waals surface area contributed by atoms with E-state index in [2.05, 4.69) is 9.97 Å². The third kappa shape index (κ3) is 3.10. The SMILES string of the molecule is Cc1nc(Cl)ncc1O[C@H]1CCC[C@H](C(=O)O)C1. The molecule has 0 bridgehead atoms. The van der Waals surface area contributed by atoms with Gasteiger partial charge in [0.15, 0.2) is 5.75 Å². The van der Waals surface area contributed by atoms with Crippen LogP contribution in [0.3, 0.4) is 0 Å². The third-order valence-electron chi connectivity index (χ3n) is 3.17. The number of aromatic nitrogens is 2. The number of carboxylic acid groups (broad SMARTS) is 1. The zero-order chi connectivity index (χ0) is 13.1. The maximum absolute atomic E-state index is 11.0. The van der Waals surface area contributed by atoms with Crippen LogP contribution in [-0.4, -0.2) is 27.1 Å². The Balaban J connectivity index is 2.02. The molecule has 2 rings (SSSR count). The molecule has 6 heteroatoms. The number of hydrogen-bond donors (Lipinski definition) is 1. The summed E-state index contributed by atoms with van der Waals surface area (Å²) in [7, 11) is 0. The van der Waals surface area contributed by atoms with E-state index in [1.54, 1.807) is 6.92 Å². The number of hydrogen-bond acceptors (Lipinski definition) is 4. The lowest BCUT2D eigenvalue weighted by molar-refractivity contribution is -0.143. The van der Waals surface area contributed by atoms with Gasteiger partial charge in [0.25, 0.3) is 0 Å². The summed E-state index contributed by atoms with van der Waals surface area (Å²) in [5.41, 5.74) is 0.674. The summed E-state index contributed by atoms with van der Waals surface area (Å²) in [6, 6.07) is 0. The van der Waals surface area contributed by atoms with Crippen LogP contribution in [0.1, 0.15) is 31.4 Å². The summed E-state index contributed by atoms with van der Waals surface area (Å²) in [4.78, 5) is 18.8. The number of aliphatic carboxylic acids is 1. The molecule has 98 valence electrons. The largest absolute Gasteiger partial charge is 0.487 e. The minimum atomic E-state index is -0.743. The Bertz CT molecular complexity index is 453.